The Bertz CT molecular complexity index is 1700. The molecule has 6 nitrogen and oxygen atoms in total. The highest BCUT2D eigenvalue weighted by molar-refractivity contribution is 7.13. The van der Waals surface area contributed by atoms with Crippen molar-refractivity contribution in [2.45, 2.75) is 12.0 Å². The largest absolute Gasteiger partial charge is 0.466 e. The fourth-order valence-electron chi connectivity index (χ4n) is 5.20. The van der Waals surface area contributed by atoms with E-state index in [9.17, 15) is 4.79 Å². The lowest BCUT2D eigenvalue weighted by atomic mass is 9.77. The fraction of sp³-hybridized carbons (Fsp3) is 0.0857. The van der Waals surface area contributed by atoms with Crippen LogP contribution < -0.4 is 0 Å². The van der Waals surface area contributed by atoms with Gasteiger partial charge >= 0.3 is 5.97 Å². The Morgan fingerprint density at radius 1 is 0.810 bits per heavy atom. The zero-order valence-electron chi connectivity index (χ0n) is 23.0. The van der Waals surface area contributed by atoms with Crippen molar-refractivity contribution in [3.05, 3.63) is 165 Å². The Hall–Kier alpha value is -5.14. The van der Waals surface area contributed by atoms with Crippen molar-refractivity contribution in [1.82, 2.24) is 20.2 Å². The molecule has 6 aromatic rings. The predicted octanol–water partition coefficient (Wildman–Crippen LogP) is 7.02. The van der Waals surface area contributed by atoms with Crippen LogP contribution in [0.15, 0.2) is 133 Å². The molecule has 2 aromatic heterocycles. The van der Waals surface area contributed by atoms with Gasteiger partial charge in [0, 0.05) is 27.8 Å². The second-order valence-electron chi connectivity index (χ2n) is 9.72. The molecule has 0 radical (unpaired) electrons. The minimum absolute atomic E-state index is 0.406. The summed E-state index contributed by atoms with van der Waals surface area (Å²) in [7, 11) is 1.37. The summed E-state index contributed by atoms with van der Waals surface area (Å²) in [5, 5.41) is 14.5. The highest BCUT2D eigenvalue weighted by Crippen LogP contribution is 2.40. The van der Waals surface area contributed by atoms with E-state index in [1.54, 1.807) is 22.2 Å². The maximum absolute atomic E-state index is 11.8. The number of carbonyl (C=O) groups is 1. The van der Waals surface area contributed by atoms with Crippen LogP contribution in [0.25, 0.3) is 17.5 Å². The Kier molecular flexibility index (Phi) is 7.83. The monoisotopic (exact) mass is 568 g/mol. The number of esters is 1. The summed E-state index contributed by atoms with van der Waals surface area (Å²) >= 11 is 1.60. The molecule has 0 saturated carbocycles. The molecule has 0 saturated heterocycles. The third-order valence-corrected chi connectivity index (χ3v) is 8.25. The SMILES string of the molecule is COC(=O)C=Cc1cc(-c2nnn(C(c3ccccc3)(c3ccccc3)c3ccccc3)n2)c(Cc2ccccc2)s1. The van der Waals surface area contributed by atoms with Crippen LogP contribution in [-0.4, -0.2) is 33.3 Å². The smallest absolute Gasteiger partial charge is 0.330 e. The van der Waals surface area contributed by atoms with Crippen LogP contribution in [0.1, 0.15) is 32.0 Å². The van der Waals surface area contributed by atoms with E-state index >= 15 is 0 Å². The molecule has 206 valence electrons. The Morgan fingerprint density at radius 2 is 1.33 bits per heavy atom. The Labute approximate surface area is 248 Å². The molecule has 0 fully saturated rings. The molecule has 7 heteroatoms. The first-order chi connectivity index (χ1) is 20.7. The molecule has 0 bridgehead atoms. The van der Waals surface area contributed by atoms with E-state index in [0.29, 0.717) is 12.2 Å². The summed E-state index contributed by atoms with van der Waals surface area (Å²) in [6.07, 6.45) is 3.89. The molecule has 0 N–H and O–H groups in total. The van der Waals surface area contributed by atoms with Gasteiger partial charge in [-0.25, -0.2) is 4.79 Å². The summed E-state index contributed by atoms with van der Waals surface area (Å²) in [6, 6.07) is 43.1. The quantitative estimate of drug-likeness (QED) is 0.107. The van der Waals surface area contributed by atoms with E-state index < -0.39 is 11.5 Å². The molecule has 0 unspecified atom stereocenters. The van der Waals surface area contributed by atoms with Gasteiger partial charge in [-0.1, -0.05) is 121 Å². The van der Waals surface area contributed by atoms with Gasteiger partial charge in [0.2, 0.25) is 5.82 Å². The number of hydrogen-bond donors (Lipinski definition) is 0. The topological polar surface area (TPSA) is 69.9 Å². The fourth-order valence-corrected chi connectivity index (χ4v) is 6.30. The van der Waals surface area contributed by atoms with Gasteiger partial charge in [0.15, 0.2) is 5.54 Å². The summed E-state index contributed by atoms with van der Waals surface area (Å²) in [4.78, 5) is 15.5. The normalized spacial score (nSPS) is 11.5. The summed E-state index contributed by atoms with van der Waals surface area (Å²) in [6.45, 7) is 0. The standard InChI is InChI=1S/C35H28N4O2S/c1-41-33(40)23-22-30-25-31(32(42-30)24-26-14-6-2-7-15-26)34-36-38-39(37-34)35(27-16-8-3-9-17-27,28-18-10-4-11-19-28)29-20-12-5-13-21-29/h2-23,25H,24H2,1H3. The van der Waals surface area contributed by atoms with Crippen LogP contribution in [-0.2, 0) is 21.5 Å². The number of rotatable bonds is 9. The van der Waals surface area contributed by atoms with Gasteiger partial charge in [-0.3, -0.25) is 0 Å². The van der Waals surface area contributed by atoms with Gasteiger partial charge in [-0.15, -0.1) is 26.3 Å². The zero-order chi connectivity index (χ0) is 28.8. The number of benzene rings is 4. The second-order valence-corrected chi connectivity index (χ2v) is 10.9. The summed E-state index contributed by atoms with van der Waals surface area (Å²) in [5.41, 5.74) is 4.23. The zero-order valence-corrected chi connectivity index (χ0v) is 23.8. The summed E-state index contributed by atoms with van der Waals surface area (Å²) in [5.74, 6) is 0.110. The molecule has 4 aromatic carbocycles. The first-order valence-electron chi connectivity index (χ1n) is 13.6. The van der Waals surface area contributed by atoms with Crippen molar-refractivity contribution in [2.75, 3.05) is 7.11 Å². The molecule has 0 aliphatic rings. The van der Waals surface area contributed by atoms with Crippen molar-refractivity contribution >= 4 is 23.4 Å². The van der Waals surface area contributed by atoms with Gasteiger partial charge in [-0.05, 0) is 39.6 Å². The number of tetrazole rings is 1. The minimum atomic E-state index is -0.863. The second kappa shape index (κ2) is 12.2. The van der Waals surface area contributed by atoms with E-state index in [2.05, 4.69) is 53.6 Å². The van der Waals surface area contributed by atoms with Gasteiger partial charge in [-0.2, -0.15) is 0 Å². The number of ether oxygens (including phenoxy) is 1. The average molecular weight is 569 g/mol. The van der Waals surface area contributed by atoms with Crippen LogP contribution in [0.5, 0.6) is 0 Å². The highest BCUT2D eigenvalue weighted by Gasteiger charge is 2.41. The van der Waals surface area contributed by atoms with Crippen molar-refractivity contribution in [3.63, 3.8) is 0 Å². The predicted molar refractivity (Wildman–Crippen MR) is 166 cm³/mol. The van der Waals surface area contributed by atoms with E-state index in [1.165, 1.54) is 18.7 Å². The number of nitrogens with zero attached hydrogens (tertiary/aromatic N) is 4. The van der Waals surface area contributed by atoms with Crippen molar-refractivity contribution in [2.24, 2.45) is 0 Å². The molecule has 0 atom stereocenters. The number of methoxy groups -OCH3 is 1. The van der Waals surface area contributed by atoms with E-state index in [1.807, 2.05) is 78.9 Å². The Morgan fingerprint density at radius 3 is 1.86 bits per heavy atom. The number of aromatic nitrogens is 4. The maximum Gasteiger partial charge on any atom is 0.330 e. The third kappa shape index (κ3) is 5.30. The van der Waals surface area contributed by atoms with Crippen molar-refractivity contribution in [3.8, 4) is 11.4 Å². The maximum atomic E-state index is 11.8. The first kappa shape index (κ1) is 27.1. The number of carbonyl (C=O) groups excluding carboxylic acids is 1. The molecule has 0 aliphatic heterocycles. The average Bonchev–Trinajstić information content (AvgIpc) is 3.70. The van der Waals surface area contributed by atoms with Crippen LogP contribution in [0.4, 0.5) is 0 Å². The van der Waals surface area contributed by atoms with Crippen LogP contribution in [0, 0.1) is 0 Å². The van der Waals surface area contributed by atoms with E-state index in [4.69, 9.17) is 15.0 Å². The lowest BCUT2D eigenvalue weighted by molar-refractivity contribution is -0.134. The molecule has 6 rings (SSSR count). The van der Waals surface area contributed by atoms with Gasteiger partial charge in [0.05, 0.1) is 7.11 Å². The first-order valence-corrected chi connectivity index (χ1v) is 14.4. The lowest BCUT2D eigenvalue weighted by Crippen LogP contribution is -2.39. The lowest BCUT2D eigenvalue weighted by Gasteiger charge is -2.34. The van der Waals surface area contributed by atoms with Crippen LogP contribution in [0.3, 0.4) is 0 Å². The molecule has 0 amide bonds. The number of hydrogen-bond acceptors (Lipinski definition) is 6. The minimum Gasteiger partial charge on any atom is -0.466 e. The summed E-state index contributed by atoms with van der Waals surface area (Å²) < 4.78 is 4.80. The van der Waals surface area contributed by atoms with Gasteiger partial charge in [0.25, 0.3) is 0 Å². The van der Waals surface area contributed by atoms with Gasteiger partial charge < -0.3 is 4.74 Å². The number of thiophene rings is 1. The van der Waals surface area contributed by atoms with Crippen LogP contribution in [0.2, 0.25) is 0 Å². The van der Waals surface area contributed by atoms with Crippen LogP contribution >= 0.6 is 11.3 Å². The molecule has 2 heterocycles. The third-order valence-electron chi connectivity index (χ3n) is 7.15. The molecule has 0 spiro atoms. The molecule has 0 aliphatic carbocycles. The molecule has 42 heavy (non-hydrogen) atoms. The van der Waals surface area contributed by atoms with Crippen molar-refractivity contribution in [1.29, 1.82) is 0 Å². The van der Waals surface area contributed by atoms with Crippen molar-refractivity contribution < 1.29 is 9.53 Å². The Balaban J connectivity index is 1.53. The molecular formula is C35H28N4O2S. The van der Waals surface area contributed by atoms with E-state index in [-0.39, 0.29) is 0 Å². The highest BCUT2D eigenvalue weighted by atomic mass is 32.1. The molecular weight excluding hydrogens is 540 g/mol. The van der Waals surface area contributed by atoms with Gasteiger partial charge in [0.1, 0.15) is 0 Å². The van der Waals surface area contributed by atoms with E-state index in [0.717, 1.165) is 32.0 Å².